The van der Waals surface area contributed by atoms with E-state index < -0.39 is 5.82 Å². The Kier molecular flexibility index (Phi) is 8.67. The Hall–Kier alpha value is -1.44. The smallest absolute Gasteiger partial charge is 0.261 e. The molecular formula is C20H21Cl3FN3OS. The van der Waals surface area contributed by atoms with Gasteiger partial charge in [0.05, 0.1) is 20.8 Å². The number of carbonyl (C=O) groups excluding carboxylic acids is 1. The maximum atomic E-state index is 13.4. The van der Waals surface area contributed by atoms with Crippen LogP contribution in [0.3, 0.4) is 0 Å². The van der Waals surface area contributed by atoms with Crippen LogP contribution in [0.1, 0.15) is 24.2 Å². The molecule has 0 atom stereocenters. The highest BCUT2D eigenvalue weighted by atomic mass is 35.5. The van der Waals surface area contributed by atoms with Crippen molar-refractivity contribution < 1.29 is 9.18 Å². The molecule has 0 spiro atoms. The molecule has 1 amide bonds. The van der Waals surface area contributed by atoms with Crippen LogP contribution in [0.15, 0.2) is 36.4 Å². The van der Waals surface area contributed by atoms with Crippen LogP contribution >= 0.6 is 46.9 Å². The highest BCUT2D eigenvalue weighted by Crippen LogP contribution is 2.32. The largest absolute Gasteiger partial charge is 0.302 e. The molecule has 0 unspecified atom stereocenters. The van der Waals surface area contributed by atoms with Crippen molar-refractivity contribution in [1.82, 2.24) is 9.88 Å². The number of likely N-dealkylation sites (N-methyl/N-ethyl adjacent to an activating group) is 1. The van der Waals surface area contributed by atoms with Crippen molar-refractivity contribution in [2.75, 3.05) is 31.1 Å². The average molecular weight is 477 g/mol. The van der Waals surface area contributed by atoms with Gasteiger partial charge in [0.15, 0.2) is 5.13 Å². The number of rotatable bonds is 7. The summed E-state index contributed by atoms with van der Waals surface area (Å²) in [6.07, 6.45) is 0. The Bertz CT molecular complexity index is 994. The molecule has 29 heavy (non-hydrogen) atoms. The standard InChI is InChI=1S/C20H20Cl2FN3OS.ClH/c1-3-25(4-2)9-10-26(19(27)15-7-6-14(23)12-16(15)22)20-24-17-8-5-13(21)11-18(17)28-20;/h5-8,11-12H,3-4,9-10H2,1-2H3;1H. The number of anilines is 1. The Morgan fingerprint density at radius 1 is 1.10 bits per heavy atom. The van der Waals surface area contributed by atoms with Gasteiger partial charge in [-0.1, -0.05) is 48.4 Å². The molecule has 3 rings (SSSR count). The van der Waals surface area contributed by atoms with Gasteiger partial charge in [-0.15, -0.1) is 12.4 Å². The second-order valence-corrected chi connectivity index (χ2v) is 8.07. The van der Waals surface area contributed by atoms with Crippen LogP contribution in [0.2, 0.25) is 10.0 Å². The molecule has 0 saturated carbocycles. The molecule has 156 valence electrons. The van der Waals surface area contributed by atoms with Gasteiger partial charge >= 0.3 is 0 Å². The van der Waals surface area contributed by atoms with Gasteiger partial charge in [0.1, 0.15) is 5.82 Å². The third-order valence-electron chi connectivity index (χ3n) is 4.51. The number of halogens is 4. The lowest BCUT2D eigenvalue weighted by atomic mass is 10.2. The van der Waals surface area contributed by atoms with Crippen LogP contribution in [0.25, 0.3) is 10.2 Å². The first kappa shape index (κ1) is 23.8. The minimum atomic E-state index is -0.481. The van der Waals surface area contributed by atoms with Crippen molar-refractivity contribution in [3.8, 4) is 0 Å². The quantitative estimate of drug-likeness (QED) is 0.410. The predicted octanol–water partition coefficient (Wildman–Crippen LogP) is 6.15. The molecule has 0 N–H and O–H groups in total. The number of hydrogen-bond donors (Lipinski definition) is 0. The highest BCUT2D eigenvalue weighted by Gasteiger charge is 2.24. The summed E-state index contributed by atoms with van der Waals surface area (Å²) in [5.74, 6) is -0.784. The zero-order valence-corrected chi connectivity index (χ0v) is 19.1. The van der Waals surface area contributed by atoms with Gasteiger partial charge in [-0.3, -0.25) is 9.69 Å². The normalized spacial score (nSPS) is 11.0. The summed E-state index contributed by atoms with van der Waals surface area (Å²) in [4.78, 5) is 21.7. The van der Waals surface area contributed by atoms with Crippen LogP contribution in [-0.4, -0.2) is 42.0 Å². The number of thiazole rings is 1. The summed E-state index contributed by atoms with van der Waals surface area (Å²) >= 11 is 13.6. The number of nitrogens with zero attached hydrogens (tertiary/aromatic N) is 3. The Labute approximate surface area is 189 Å². The van der Waals surface area contributed by atoms with Gasteiger partial charge < -0.3 is 4.90 Å². The summed E-state index contributed by atoms with van der Waals surface area (Å²) in [7, 11) is 0. The molecule has 0 saturated heterocycles. The maximum Gasteiger partial charge on any atom is 0.261 e. The van der Waals surface area contributed by atoms with E-state index in [1.807, 2.05) is 12.1 Å². The molecule has 1 heterocycles. The SMILES string of the molecule is CCN(CC)CCN(C(=O)c1ccc(F)cc1Cl)c1nc2ccc(Cl)cc2s1.Cl. The minimum absolute atomic E-state index is 0. The Balaban J connectivity index is 0.00000300. The number of carbonyl (C=O) groups is 1. The lowest BCUT2D eigenvalue weighted by molar-refractivity contribution is 0.0984. The fourth-order valence-electron chi connectivity index (χ4n) is 2.88. The molecule has 0 radical (unpaired) electrons. The lowest BCUT2D eigenvalue weighted by Crippen LogP contribution is -2.39. The molecule has 0 aliphatic carbocycles. The average Bonchev–Trinajstić information content (AvgIpc) is 3.07. The number of amides is 1. The molecule has 1 aromatic heterocycles. The summed E-state index contributed by atoms with van der Waals surface area (Å²) in [6, 6.07) is 9.22. The zero-order valence-electron chi connectivity index (χ0n) is 16.0. The van der Waals surface area contributed by atoms with E-state index in [1.54, 1.807) is 11.0 Å². The van der Waals surface area contributed by atoms with E-state index in [2.05, 4.69) is 23.7 Å². The third-order valence-corrected chi connectivity index (χ3v) is 6.10. The topological polar surface area (TPSA) is 36.4 Å². The van der Waals surface area contributed by atoms with E-state index in [-0.39, 0.29) is 28.9 Å². The van der Waals surface area contributed by atoms with Crippen molar-refractivity contribution >= 4 is 68.2 Å². The van der Waals surface area contributed by atoms with Crippen molar-refractivity contribution in [1.29, 1.82) is 0 Å². The number of fused-ring (bicyclic) bond motifs is 1. The van der Waals surface area contributed by atoms with E-state index in [9.17, 15) is 9.18 Å². The number of benzene rings is 2. The monoisotopic (exact) mass is 475 g/mol. The van der Waals surface area contributed by atoms with Gasteiger partial charge in [0, 0.05) is 18.1 Å². The molecule has 3 aromatic rings. The Morgan fingerprint density at radius 2 is 1.83 bits per heavy atom. The van der Waals surface area contributed by atoms with Gasteiger partial charge in [-0.25, -0.2) is 9.37 Å². The van der Waals surface area contributed by atoms with Crippen LogP contribution in [0.5, 0.6) is 0 Å². The second kappa shape index (κ2) is 10.5. The van der Waals surface area contributed by atoms with Crippen LogP contribution in [0.4, 0.5) is 9.52 Å². The highest BCUT2D eigenvalue weighted by molar-refractivity contribution is 7.22. The number of hydrogen-bond acceptors (Lipinski definition) is 4. The van der Waals surface area contributed by atoms with E-state index in [0.29, 0.717) is 23.2 Å². The van der Waals surface area contributed by atoms with Crippen LogP contribution < -0.4 is 4.90 Å². The van der Waals surface area contributed by atoms with Crippen molar-refractivity contribution in [2.45, 2.75) is 13.8 Å². The van der Waals surface area contributed by atoms with Crippen molar-refractivity contribution in [3.63, 3.8) is 0 Å². The molecular weight excluding hydrogens is 456 g/mol. The van der Waals surface area contributed by atoms with Gasteiger partial charge in [0.25, 0.3) is 5.91 Å². The summed E-state index contributed by atoms with van der Waals surface area (Å²) in [5.41, 5.74) is 1.02. The van der Waals surface area contributed by atoms with Crippen LogP contribution in [-0.2, 0) is 0 Å². The lowest BCUT2D eigenvalue weighted by Gasteiger charge is -2.25. The first-order chi connectivity index (χ1) is 13.4. The first-order valence-electron chi connectivity index (χ1n) is 8.98. The predicted molar refractivity (Wildman–Crippen MR) is 123 cm³/mol. The van der Waals surface area contributed by atoms with Crippen molar-refractivity contribution in [2.24, 2.45) is 0 Å². The van der Waals surface area contributed by atoms with Crippen molar-refractivity contribution in [3.05, 3.63) is 57.8 Å². The summed E-state index contributed by atoms with van der Waals surface area (Å²) < 4.78 is 14.3. The maximum absolute atomic E-state index is 13.4. The molecule has 2 aromatic carbocycles. The summed E-state index contributed by atoms with van der Waals surface area (Å²) in [6.45, 7) is 7.05. The molecule has 9 heteroatoms. The number of aromatic nitrogens is 1. The minimum Gasteiger partial charge on any atom is -0.302 e. The Morgan fingerprint density at radius 3 is 2.48 bits per heavy atom. The molecule has 0 bridgehead atoms. The van der Waals surface area contributed by atoms with Gasteiger partial charge in [-0.2, -0.15) is 0 Å². The molecule has 0 fully saturated rings. The van der Waals surface area contributed by atoms with Gasteiger partial charge in [0.2, 0.25) is 0 Å². The molecule has 0 aliphatic rings. The molecule has 0 aliphatic heterocycles. The summed E-state index contributed by atoms with van der Waals surface area (Å²) in [5, 5.41) is 1.27. The van der Waals surface area contributed by atoms with Crippen LogP contribution in [0, 0.1) is 5.82 Å². The fourth-order valence-corrected chi connectivity index (χ4v) is 4.39. The zero-order chi connectivity index (χ0) is 20.3. The second-order valence-electron chi connectivity index (χ2n) is 6.22. The van der Waals surface area contributed by atoms with Gasteiger partial charge in [-0.05, 0) is 49.5 Å². The van der Waals surface area contributed by atoms with E-state index in [4.69, 9.17) is 23.2 Å². The first-order valence-corrected chi connectivity index (χ1v) is 10.6. The third kappa shape index (κ3) is 5.58. The van der Waals surface area contributed by atoms with E-state index in [0.717, 1.165) is 29.4 Å². The molecule has 4 nitrogen and oxygen atoms in total. The fraction of sp³-hybridized carbons (Fsp3) is 0.300. The van der Waals surface area contributed by atoms with E-state index >= 15 is 0 Å². The van der Waals surface area contributed by atoms with E-state index in [1.165, 1.54) is 23.5 Å².